The van der Waals surface area contributed by atoms with E-state index in [9.17, 15) is 0 Å². The van der Waals surface area contributed by atoms with Crippen LogP contribution in [0, 0.1) is 0 Å². The fourth-order valence-corrected chi connectivity index (χ4v) is 5.17. The number of pyridine rings is 2. The molecule has 156 valence electrons. The largest absolute Gasteiger partial charge is 0.458 e. The summed E-state index contributed by atoms with van der Waals surface area (Å²) in [6, 6.07) is 27.7. The first-order chi connectivity index (χ1) is 16.4. The summed E-state index contributed by atoms with van der Waals surface area (Å²) in [4.78, 5) is 9.19. The Balaban J connectivity index is 1.51. The molecule has 0 unspecified atom stereocenters. The zero-order valence-corrected chi connectivity index (χ0v) is 18.0. The molecule has 33 heavy (non-hydrogen) atoms. The van der Waals surface area contributed by atoms with Crippen LogP contribution in [0.5, 0.6) is 0 Å². The number of furan rings is 1. The van der Waals surface area contributed by atoms with Crippen LogP contribution in [0.2, 0.25) is 0 Å². The van der Waals surface area contributed by atoms with Gasteiger partial charge in [-0.05, 0) is 58.1 Å². The molecular weight excluding hydrogens is 404 g/mol. The van der Waals surface area contributed by atoms with Gasteiger partial charge >= 0.3 is 0 Å². The maximum absolute atomic E-state index is 6.50. The van der Waals surface area contributed by atoms with E-state index in [1.807, 2.05) is 18.6 Å². The van der Waals surface area contributed by atoms with E-state index in [0.29, 0.717) is 0 Å². The molecule has 0 radical (unpaired) electrons. The molecule has 3 aromatic heterocycles. The summed E-state index contributed by atoms with van der Waals surface area (Å²) in [5.74, 6) is 1.03. The van der Waals surface area contributed by atoms with E-state index in [1.165, 1.54) is 38.6 Å². The van der Waals surface area contributed by atoms with Crippen molar-refractivity contribution in [3.63, 3.8) is 0 Å². The van der Waals surface area contributed by atoms with E-state index in [1.54, 1.807) is 0 Å². The van der Waals surface area contributed by atoms with Crippen LogP contribution in [-0.4, -0.2) is 9.97 Å². The lowest BCUT2D eigenvalue weighted by Gasteiger charge is -2.14. The molecule has 3 heteroatoms. The third-order valence-corrected chi connectivity index (χ3v) is 6.70. The summed E-state index contributed by atoms with van der Waals surface area (Å²) in [6.45, 7) is 0. The summed E-state index contributed by atoms with van der Waals surface area (Å²) < 4.78 is 6.50. The zero-order valence-electron chi connectivity index (χ0n) is 18.0. The number of aromatic nitrogens is 2. The maximum atomic E-state index is 6.50. The quantitative estimate of drug-likeness (QED) is 0.289. The van der Waals surface area contributed by atoms with Gasteiger partial charge in [0.05, 0.1) is 0 Å². The van der Waals surface area contributed by atoms with Crippen LogP contribution in [0.25, 0.3) is 55.3 Å². The Morgan fingerprint density at radius 1 is 0.697 bits per heavy atom. The van der Waals surface area contributed by atoms with Gasteiger partial charge in [-0.1, -0.05) is 54.6 Å². The molecule has 0 fully saturated rings. The molecule has 0 N–H and O–H groups in total. The monoisotopic (exact) mass is 424 g/mol. The van der Waals surface area contributed by atoms with Crippen molar-refractivity contribution in [1.29, 1.82) is 0 Å². The van der Waals surface area contributed by atoms with Gasteiger partial charge in [-0.15, -0.1) is 0 Å². The highest BCUT2D eigenvalue weighted by Gasteiger charge is 2.25. The Labute approximate surface area is 191 Å². The van der Waals surface area contributed by atoms with Crippen molar-refractivity contribution in [1.82, 2.24) is 9.97 Å². The number of hydrogen-bond acceptors (Lipinski definition) is 3. The van der Waals surface area contributed by atoms with E-state index in [0.717, 1.165) is 40.8 Å². The van der Waals surface area contributed by atoms with Gasteiger partial charge in [0, 0.05) is 47.1 Å². The summed E-state index contributed by atoms with van der Waals surface area (Å²) in [5, 5.41) is 3.54. The number of nitrogens with zero attached hydrogens (tertiary/aromatic N) is 2. The molecule has 0 atom stereocenters. The first-order valence-corrected chi connectivity index (χ1v) is 11.3. The number of rotatable bonds is 2. The lowest BCUT2D eigenvalue weighted by atomic mass is 9.89. The van der Waals surface area contributed by atoms with Crippen molar-refractivity contribution in [2.24, 2.45) is 0 Å². The van der Waals surface area contributed by atoms with Gasteiger partial charge in [-0.25, -0.2) is 0 Å². The topological polar surface area (TPSA) is 38.9 Å². The molecule has 3 heterocycles. The second kappa shape index (κ2) is 7.14. The van der Waals surface area contributed by atoms with Crippen molar-refractivity contribution in [2.45, 2.75) is 12.8 Å². The van der Waals surface area contributed by atoms with E-state index in [-0.39, 0.29) is 0 Å². The predicted molar refractivity (Wildman–Crippen MR) is 133 cm³/mol. The molecule has 3 nitrogen and oxygen atoms in total. The summed E-state index contributed by atoms with van der Waals surface area (Å²) in [5.41, 5.74) is 8.88. The summed E-state index contributed by atoms with van der Waals surface area (Å²) in [7, 11) is 0. The van der Waals surface area contributed by atoms with Gasteiger partial charge in [0.15, 0.2) is 5.58 Å². The van der Waals surface area contributed by atoms with Gasteiger partial charge < -0.3 is 4.42 Å². The van der Waals surface area contributed by atoms with Crippen molar-refractivity contribution < 1.29 is 4.42 Å². The summed E-state index contributed by atoms with van der Waals surface area (Å²) in [6.07, 6.45) is 7.61. The lowest BCUT2D eigenvalue weighted by molar-refractivity contribution is 0.545. The van der Waals surface area contributed by atoms with Crippen molar-refractivity contribution >= 4 is 21.7 Å². The first kappa shape index (κ1) is 18.3. The molecular formula is C30H20N2O. The van der Waals surface area contributed by atoms with Crippen molar-refractivity contribution in [3.8, 4) is 33.5 Å². The van der Waals surface area contributed by atoms with E-state index in [2.05, 4.69) is 83.8 Å². The fraction of sp³-hybridized carbons (Fsp3) is 0.0667. The number of hydrogen-bond donors (Lipinski definition) is 0. The Morgan fingerprint density at radius 2 is 1.58 bits per heavy atom. The van der Waals surface area contributed by atoms with Crippen LogP contribution in [0.4, 0.5) is 0 Å². The highest BCUT2D eigenvalue weighted by atomic mass is 16.3. The average molecular weight is 425 g/mol. The molecule has 3 aromatic carbocycles. The van der Waals surface area contributed by atoms with Crippen LogP contribution >= 0.6 is 0 Å². The fourth-order valence-electron chi connectivity index (χ4n) is 5.17. The summed E-state index contributed by atoms with van der Waals surface area (Å²) >= 11 is 0. The average Bonchev–Trinajstić information content (AvgIpc) is 3.28. The molecule has 1 aliphatic carbocycles. The SMILES string of the molecule is c1ccc(-c2cc(-c3nccc4c5c(oc34)CCc3ccncc3-5)cc3ccccc23)cc1. The van der Waals surface area contributed by atoms with Crippen LogP contribution in [0.1, 0.15) is 11.3 Å². The van der Waals surface area contributed by atoms with Crippen LogP contribution < -0.4 is 0 Å². The molecule has 1 aliphatic rings. The Morgan fingerprint density at radius 3 is 2.52 bits per heavy atom. The van der Waals surface area contributed by atoms with Gasteiger partial charge in [0.25, 0.3) is 0 Å². The molecule has 0 aliphatic heterocycles. The number of aryl methyl sites for hydroxylation is 2. The van der Waals surface area contributed by atoms with Crippen LogP contribution in [0.15, 0.2) is 102 Å². The first-order valence-electron chi connectivity index (χ1n) is 11.3. The minimum absolute atomic E-state index is 0.855. The van der Waals surface area contributed by atoms with Gasteiger partial charge in [-0.2, -0.15) is 0 Å². The van der Waals surface area contributed by atoms with Crippen LogP contribution in [0.3, 0.4) is 0 Å². The molecule has 0 spiro atoms. The second-order valence-electron chi connectivity index (χ2n) is 8.58. The van der Waals surface area contributed by atoms with E-state index in [4.69, 9.17) is 9.40 Å². The predicted octanol–water partition coefficient (Wildman–Crippen LogP) is 7.48. The minimum Gasteiger partial charge on any atom is -0.458 e. The smallest absolute Gasteiger partial charge is 0.161 e. The van der Waals surface area contributed by atoms with Crippen molar-refractivity contribution in [2.75, 3.05) is 0 Å². The Kier molecular flexibility index (Phi) is 3.97. The number of fused-ring (bicyclic) bond motifs is 6. The highest BCUT2D eigenvalue weighted by Crippen LogP contribution is 2.43. The highest BCUT2D eigenvalue weighted by molar-refractivity contribution is 6.05. The zero-order chi connectivity index (χ0) is 21.8. The normalized spacial score (nSPS) is 12.6. The Bertz CT molecular complexity index is 1660. The molecule has 0 saturated heterocycles. The molecule has 0 saturated carbocycles. The number of benzene rings is 3. The van der Waals surface area contributed by atoms with Crippen molar-refractivity contribution in [3.05, 3.63) is 109 Å². The molecule has 0 amide bonds. The van der Waals surface area contributed by atoms with E-state index < -0.39 is 0 Å². The molecule has 0 bridgehead atoms. The minimum atomic E-state index is 0.855. The van der Waals surface area contributed by atoms with Crippen LogP contribution in [-0.2, 0) is 12.8 Å². The maximum Gasteiger partial charge on any atom is 0.161 e. The standard InChI is InChI=1S/C30H20N2O/c1-2-6-19(7-3-1)25-17-22(16-21-8-4-5-9-23(21)25)29-30-24(13-15-32-29)28-26-18-31-14-12-20(26)10-11-27(28)33-30/h1-9,12-18H,10-11H2. The third kappa shape index (κ3) is 2.82. The van der Waals surface area contributed by atoms with Gasteiger partial charge in [-0.3, -0.25) is 9.97 Å². The third-order valence-electron chi connectivity index (χ3n) is 6.70. The molecule has 6 aromatic rings. The van der Waals surface area contributed by atoms with Gasteiger partial charge in [0.2, 0.25) is 0 Å². The lowest BCUT2D eigenvalue weighted by Crippen LogP contribution is -2.01. The second-order valence-corrected chi connectivity index (χ2v) is 8.58. The Hall–Kier alpha value is -4.24. The molecule has 7 rings (SSSR count). The van der Waals surface area contributed by atoms with Gasteiger partial charge in [0.1, 0.15) is 11.5 Å². The van der Waals surface area contributed by atoms with E-state index >= 15 is 0 Å².